The second kappa shape index (κ2) is 10.5. The molecule has 3 amide bonds. The Labute approximate surface area is 199 Å². The molecule has 3 aromatic rings. The summed E-state index contributed by atoms with van der Waals surface area (Å²) in [4.78, 5) is 38.8. The van der Waals surface area contributed by atoms with E-state index in [1.54, 1.807) is 31.3 Å². The molecular weight excluding hydrogens is 492 g/mol. The Morgan fingerprint density at radius 3 is 2.61 bits per heavy atom. The number of hydrogen-bond acceptors (Lipinski definition) is 6. The lowest BCUT2D eigenvalue weighted by Crippen LogP contribution is -2.28. The number of nitrogens with one attached hydrogen (secondary N) is 3. The summed E-state index contributed by atoms with van der Waals surface area (Å²) in [5.41, 5.74) is 1.34. The number of benzene rings is 1. The molecule has 0 fully saturated rings. The van der Waals surface area contributed by atoms with Crippen molar-refractivity contribution >= 4 is 56.1 Å². The van der Waals surface area contributed by atoms with Crippen molar-refractivity contribution in [3.05, 3.63) is 52.8 Å². The molecule has 174 valence electrons. The topological polar surface area (TPSA) is 121 Å². The Hall–Kier alpha value is -3.44. The summed E-state index contributed by atoms with van der Waals surface area (Å²) in [6, 6.07) is 8.05. The van der Waals surface area contributed by atoms with Crippen molar-refractivity contribution in [3.8, 4) is 0 Å². The van der Waals surface area contributed by atoms with E-state index in [1.807, 2.05) is 19.0 Å². The van der Waals surface area contributed by atoms with E-state index < -0.39 is 5.91 Å². The largest absolute Gasteiger partial charge is 0.451 e. The Bertz CT molecular complexity index is 1210. The lowest BCUT2D eigenvalue weighted by atomic mass is 10.2. The normalized spacial score (nSPS) is 10.9. The lowest BCUT2D eigenvalue weighted by Gasteiger charge is -2.09. The van der Waals surface area contributed by atoms with Gasteiger partial charge in [-0.25, -0.2) is 0 Å². The molecule has 10 nitrogen and oxygen atoms in total. The Kier molecular flexibility index (Phi) is 7.67. The number of rotatable bonds is 9. The van der Waals surface area contributed by atoms with Gasteiger partial charge in [-0.2, -0.15) is 5.10 Å². The highest BCUT2D eigenvalue weighted by molar-refractivity contribution is 9.12. The minimum Gasteiger partial charge on any atom is -0.451 e. The van der Waals surface area contributed by atoms with E-state index in [0.29, 0.717) is 28.9 Å². The molecule has 33 heavy (non-hydrogen) atoms. The van der Waals surface area contributed by atoms with Crippen LogP contribution in [-0.2, 0) is 11.8 Å². The summed E-state index contributed by atoms with van der Waals surface area (Å²) in [7, 11) is 5.57. The molecule has 0 radical (unpaired) electrons. The highest BCUT2D eigenvalue weighted by Gasteiger charge is 2.18. The fourth-order valence-corrected chi connectivity index (χ4v) is 3.14. The van der Waals surface area contributed by atoms with Gasteiger partial charge in [-0.15, -0.1) is 0 Å². The van der Waals surface area contributed by atoms with Crippen LogP contribution in [0.15, 0.2) is 45.8 Å². The lowest BCUT2D eigenvalue weighted by molar-refractivity contribution is -0.112. The Balaban J connectivity index is 1.66. The number of amides is 3. The number of aryl methyl sites for hydroxylation is 1. The van der Waals surface area contributed by atoms with Crippen LogP contribution in [-0.4, -0.2) is 59.6 Å². The number of furan rings is 1. The van der Waals surface area contributed by atoms with Gasteiger partial charge in [-0.1, -0.05) is 6.58 Å². The summed E-state index contributed by atoms with van der Waals surface area (Å²) in [5.74, 6) is -0.859. The van der Waals surface area contributed by atoms with Gasteiger partial charge in [0.15, 0.2) is 11.6 Å². The van der Waals surface area contributed by atoms with E-state index in [2.05, 4.69) is 43.6 Å². The Morgan fingerprint density at radius 2 is 1.91 bits per heavy atom. The number of anilines is 2. The SMILES string of the molecule is C=C(Br)C(=O)Nc1ccc2oc(C(=O)Nc3cc(C(=O)NCCCN(C)C)n(C)n3)cc2c1. The zero-order valence-corrected chi connectivity index (χ0v) is 20.2. The fraction of sp³-hybridized carbons (Fsp3) is 0.273. The van der Waals surface area contributed by atoms with Gasteiger partial charge >= 0.3 is 0 Å². The number of halogens is 1. The molecule has 3 rings (SSSR count). The molecule has 1 aromatic carbocycles. The van der Waals surface area contributed by atoms with Crippen LogP contribution in [0.5, 0.6) is 0 Å². The first-order valence-corrected chi connectivity index (χ1v) is 10.9. The van der Waals surface area contributed by atoms with Gasteiger partial charge in [0, 0.05) is 30.7 Å². The quantitative estimate of drug-likeness (QED) is 0.297. The predicted molar refractivity (Wildman–Crippen MR) is 130 cm³/mol. The van der Waals surface area contributed by atoms with Crippen LogP contribution in [0.2, 0.25) is 0 Å². The van der Waals surface area contributed by atoms with Crippen LogP contribution >= 0.6 is 15.9 Å². The molecule has 0 saturated carbocycles. The third-order valence-corrected chi connectivity index (χ3v) is 5.03. The first-order valence-electron chi connectivity index (χ1n) is 10.1. The number of fused-ring (bicyclic) bond motifs is 1. The number of nitrogens with zero attached hydrogens (tertiary/aromatic N) is 3. The van der Waals surface area contributed by atoms with Crippen LogP contribution < -0.4 is 16.0 Å². The summed E-state index contributed by atoms with van der Waals surface area (Å²) < 4.78 is 7.22. The van der Waals surface area contributed by atoms with Gasteiger partial charge in [-0.05, 0) is 67.3 Å². The van der Waals surface area contributed by atoms with Crippen LogP contribution in [0.4, 0.5) is 11.5 Å². The van der Waals surface area contributed by atoms with E-state index >= 15 is 0 Å². The van der Waals surface area contributed by atoms with Gasteiger partial charge in [0.2, 0.25) is 0 Å². The van der Waals surface area contributed by atoms with Gasteiger partial charge in [0.25, 0.3) is 17.7 Å². The highest BCUT2D eigenvalue weighted by atomic mass is 79.9. The van der Waals surface area contributed by atoms with Crippen LogP contribution in [0, 0.1) is 0 Å². The van der Waals surface area contributed by atoms with Crippen molar-refractivity contribution < 1.29 is 18.8 Å². The maximum atomic E-state index is 12.7. The van der Waals surface area contributed by atoms with Gasteiger partial charge in [0.1, 0.15) is 11.3 Å². The molecule has 11 heteroatoms. The zero-order valence-electron chi connectivity index (χ0n) is 18.6. The molecular formula is C22H25BrN6O4. The summed E-state index contributed by atoms with van der Waals surface area (Å²) in [6.07, 6.45) is 0.822. The van der Waals surface area contributed by atoms with E-state index in [4.69, 9.17) is 4.42 Å². The van der Waals surface area contributed by atoms with E-state index in [1.165, 1.54) is 10.7 Å². The highest BCUT2D eigenvalue weighted by Crippen LogP contribution is 2.24. The summed E-state index contributed by atoms with van der Waals surface area (Å²) in [6.45, 7) is 4.92. The number of hydrogen-bond donors (Lipinski definition) is 3. The maximum absolute atomic E-state index is 12.7. The van der Waals surface area contributed by atoms with Crippen molar-refractivity contribution in [2.45, 2.75) is 6.42 Å². The van der Waals surface area contributed by atoms with E-state index in [0.717, 1.165) is 13.0 Å². The second-order valence-corrected chi connectivity index (χ2v) is 8.58. The molecule has 0 spiro atoms. The monoisotopic (exact) mass is 516 g/mol. The third kappa shape index (κ3) is 6.30. The molecule has 0 saturated heterocycles. The molecule has 0 bridgehead atoms. The van der Waals surface area contributed by atoms with Crippen LogP contribution in [0.25, 0.3) is 11.0 Å². The summed E-state index contributed by atoms with van der Waals surface area (Å²) >= 11 is 3.03. The molecule has 3 N–H and O–H groups in total. The standard InChI is InChI=1S/C22H25BrN6O4/c1-13(23)20(30)25-15-6-7-17-14(10-15)11-18(33-17)22(32)26-19-12-16(29(4)27-19)21(31)24-8-5-9-28(2)3/h6-7,10-12H,1,5,8-9H2,2-4H3,(H,24,31)(H,25,30)(H,26,27,32). The van der Waals surface area contributed by atoms with Crippen molar-refractivity contribution in [1.29, 1.82) is 0 Å². The fourth-order valence-electron chi connectivity index (χ4n) is 3.04. The minimum atomic E-state index is -0.512. The first kappa shape index (κ1) is 24.2. The molecule has 0 atom stereocenters. The number of aromatic nitrogens is 2. The third-order valence-electron chi connectivity index (χ3n) is 4.67. The first-order chi connectivity index (χ1) is 15.6. The van der Waals surface area contributed by atoms with Crippen molar-refractivity contribution in [1.82, 2.24) is 20.0 Å². The average Bonchev–Trinajstić information content (AvgIpc) is 3.33. The molecule has 0 aliphatic rings. The summed E-state index contributed by atoms with van der Waals surface area (Å²) in [5, 5.41) is 13.0. The molecule has 2 heterocycles. The zero-order chi connectivity index (χ0) is 24.1. The van der Waals surface area contributed by atoms with Gasteiger partial charge < -0.3 is 25.3 Å². The number of carbonyl (C=O) groups excluding carboxylic acids is 3. The smallest absolute Gasteiger partial charge is 0.292 e. The van der Waals surface area contributed by atoms with Crippen molar-refractivity contribution in [3.63, 3.8) is 0 Å². The molecule has 0 aliphatic heterocycles. The molecule has 0 unspecified atom stereocenters. The van der Waals surface area contributed by atoms with Crippen LogP contribution in [0.1, 0.15) is 27.5 Å². The second-order valence-electron chi connectivity index (χ2n) is 7.63. The van der Waals surface area contributed by atoms with Crippen molar-refractivity contribution in [2.24, 2.45) is 7.05 Å². The molecule has 2 aromatic heterocycles. The van der Waals surface area contributed by atoms with E-state index in [-0.39, 0.29) is 27.9 Å². The van der Waals surface area contributed by atoms with Crippen LogP contribution in [0.3, 0.4) is 0 Å². The molecule has 0 aliphatic carbocycles. The average molecular weight is 517 g/mol. The number of carbonyl (C=O) groups is 3. The minimum absolute atomic E-state index is 0.0683. The van der Waals surface area contributed by atoms with Gasteiger partial charge in [-0.3, -0.25) is 19.1 Å². The predicted octanol–water partition coefficient (Wildman–Crippen LogP) is 2.95. The maximum Gasteiger partial charge on any atom is 0.292 e. The Morgan fingerprint density at radius 1 is 1.15 bits per heavy atom. The van der Waals surface area contributed by atoms with E-state index in [9.17, 15) is 14.4 Å². The van der Waals surface area contributed by atoms with Crippen molar-refractivity contribution in [2.75, 3.05) is 37.8 Å². The van der Waals surface area contributed by atoms with Gasteiger partial charge in [0.05, 0.1) is 4.48 Å².